The van der Waals surface area contributed by atoms with Gasteiger partial charge in [0.15, 0.2) is 0 Å². The molecule has 1 unspecified atom stereocenters. The SMILES string of the molecule is COCCOC(=O)NC(N)c1ccc(O)c(S(=O)(=O)N(C)CCc2ccc(C(C)C)cc2)c1. The van der Waals surface area contributed by atoms with Gasteiger partial charge in [0.25, 0.3) is 0 Å². The Kier molecular flexibility index (Phi) is 9.66. The van der Waals surface area contributed by atoms with Crippen molar-refractivity contribution in [3.63, 3.8) is 0 Å². The van der Waals surface area contributed by atoms with E-state index in [0.29, 0.717) is 17.9 Å². The standard InChI is InChI=1S/C23H33N3O6S/c1-16(2)18-7-5-17(6-8-18)11-12-26(3)33(29,30)21-15-19(9-10-20(21)27)22(24)25-23(28)32-14-13-31-4/h5-10,15-16,22,27H,11-14,24H2,1-4H3,(H,25,28). The van der Waals surface area contributed by atoms with Gasteiger partial charge in [-0.3, -0.25) is 0 Å². The van der Waals surface area contributed by atoms with E-state index < -0.39 is 28.0 Å². The quantitative estimate of drug-likeness (QED) is 0.333. The van der Waals surface area contributed by atoms with Crippen LogP contribution in [0, 0.1) is 0 Å². The topological polar surface area (TPSA) is 131 Å². The number of carbonyl (C=O) groups excluding carboxylic acids is 1. The molecule has 2 aromatic rings. The number of amides is 1. The lowest BCUT2D eigenvalue weighted by Gasteiger charge is -2.20. The Balaban J connectivity index is 2.09. The molecule has 0 saturated carbocycles. The average molecular weight is 480 g/mol. The maximum absolute atomic E-state index is 13.1. The molecule has 0 radical (unpaired) electrons. The number of phenols is 1. The van der Waals surface area contributed by atoms with Crippen molar-refractivity contribution < 1.29 is 27.8 Å². The third-order valence-electron chi connectivity index (χ3n) is 5.19. The number of benzene rings is 2. The molecule has 33 heavy (non-hydrogen) atoms. The normalized spacial score (nSPS) is 12.7. The Bertz CT molecular complexity index is 1020. The predicted molar refractivity (Wildman–Crippen MR) is 125 cm³/mol. The lowest BCUT2D eigenvalue weighted by atomic mass is 10.0. The van der Waals surface area contributed by atoms with Crippen LogP contribution in [0.2, 0.25) is 0 Å². The summed E-state index contributed by atoms with van der Waals surface area (Å²) in [7, 11) is -1.07. The van der Waals surface area contributed by atoms with Crippen LogP contribution in [-0.4, -0.2) is 57.8 Å². The van der Waals surface area contributed by atoms with Crippen molar-refractivity contribution in [3.8, 4) is 5.75 Å². The van der Waals surface area contributed by atoms with Crippen LogP contribution in [0.25, 0.3) is 0 Å². The monoisotopic (exact) mass is 479 g/mol. The Morgan fingerprint density at radius 3 is 2.36 bits per heavy atom. The minimum Gasteiger partial charge on any atom is -0.507 e. The minimum atomic E-state index is -4.00. The van der Waals surface area contributed by atoms with Gasteiger partial charge in [-0.05, 0) is 41.2 Å². The van der Waals surface area contributed by atoms with E-state index in [2.05, 4.69) is 19.2 Å². The molecule has 0 spiro atoms. The zero-order valence-electron chi connectivity index (χ0n) is 19.4. The summed E-state index contributed by atoms with van der Waals surface area (Å²) in [5, 5.41) is 12.6. The molecule has 0 heterocycles. The number of ether oxygens (including phenoxy) is 2. The van der Waals surface area contributed by atoms with E-state index in [0.717, 1.165) is 5.56 Å². The molecule has 0 fully saturated rings. The molecular weight excluding hydrogens is 446 g/mol. The van der Waals surface area contributed by atoms with Crippen LogP contribution >= 0.6 is 0 Å². The van der Waals surface area contributed by atoms with Crippen LogP contribution < -0.4 is 11.1 Å². The van der Waals surface area contributed by atoms with Crippen LogP contribution in [0.15, 0.2) is 47.4 Å². The number of aromatic hydroxyl groups is 1. The van der Waals surface area contributed by atoms with E-state index in [1.807, 2.05) is 24.3 Å². The molecule has 10 heteroatoms. The van der Waals surface area contributed by atoms with E-state index in [1.165, 1.54) is 42.2 Å². The maximum Gasteiger partial charge on any atom is 0.408 e. The Hall–Kier alpha value is -2.66. The van der Waals surface area contributed by atoms with Gasteiger partial charge in [-0.2, -0.15) is 0 Å². The van der Waals surface area contributed by atoms with Crippen LogP contribution in [0.3, 0.4) is 0 Å². The summed E-state index contributed by atoms with van der Waals surface area (Å²) < 4.78 is 37.1. The zero-order valence-corrected chi connectivity index (χ0v) is 20.3. The number of phenolic OH excluding ortho intramolecular Hbond substituents is 1. The molecule has 182 valence electrons. The Morgan fingerprint density at radius 1 is 1.12 bits per heavy atom. The molecule has 4 N–H and O–H groups in total. The van der Waals surface area contributed by atoms with Crippen molar-refractivity contribution in [2.45, 2.75) is 37.2 Å². The molecule has 0 aliphatic heterocycles. The fourth-order valence-corrected chi connectivity index (χ4v) is 4.33. The number of methoxy groups -OCH3 is 1. The van der Waals surface area contributed by atoms with E-state index >= 15 is 0 Å². The van der Waals surface area contributed by atoms with Crippen molar-refractivity contribution in [3.05, 3.63) is 59.2 Å². The zero-order chi connectivity index (χ0) is 24.6. The van der Waals surface area contributed by atoms with Gasteiger partial charge < -0.3 is 25.6 Å². The largest absolute Gasteiger partial charge is 0.507 e. The number of nitrogens with two attached hydrogens (primary N) is 1. The van der Waals surface area contributed by atoms with Gasteiger partial charge in [0.2, 0.25) is 10.0 Å². The van der Waals surface area contributed by atoms with Crippen LogP contribution in [0.4, 0.5) is 4.79 Å². The highest BCUT2D eigenvalue weighted by molar-refractivity contribution is 7.89. The highest BCUT2D eigenvalue weighted by Crippen LogP contribution is 2.28. The molecule has 9 nitrogen and oxygen atoms in total. The van der Waals surface area contributed by atoms with E-state index in [1.54, 1.807) is 0 Å². The molecule has 0 aromatic heterocycles. The van der Waals surface area contributed by atoms with Crippen molar-refractivity contribution in [2.24, 2.45) is 5.73 Å². The predicted octanol–water partition coefficient (Wildman–Crippen LogP) is 2.71. The minimum absolute atomic E-state index is 0.0508. The van der Waals surface area contributed by atoms with Crippen molar-refractivity contribution in [2.75, 3.05) is 33.9 Å². The van der Waals surface area contributed by atoms with Gasteiger partial charge in [0.1, 0.15) is 23.4 Å². The van der Waals surface area contributed by atoms with Crippen LogP contribution in [0.5, 0.6) is 5.75 Å². The van der Waals surface area contributed by atoms with E-state index in [-0.39, 0.29) is 24.7 Å². The first-order valence-electron chi connectivity index (χ1n) is 10.6. The first-order chi connectivity index (χ1) is 15.6. The van der Waals surface area contributed by atoms with Crippen LogP contribution in [0.1, 0.15) is 42.6 Å². The molecule has 1 amide bonds. The number of alkyl carbamates (subject to hydrolysis) is 1. The lowest BCUT2D eigenvalue weighted by Crippen LogP contribution is -2.35. The molecular formula is C23H33N3O6S. The fourth-order valence-electron chi connectivity index (χ4n) is 3.04. The molecule has 1 atom stereocenters. The third-order valence-corrected chi connectivity index (χ3v) is 7.07. The molecule has 0 aliphatic carbocycles. The van der Waals surface area contributed by atoms with Crippen molar-refractivity contribution >= 4 is 16.1 Å². The number of nitrogens with one attached hydrogen (secondary N) is 1. The number of carbonyl (C=O) groups is 1. The Labute approximate surface area is 195 Å². The summed E-state index contributed by atoms with van der Waals surface area (Å²) in [6.07, 6.45) is -1.28. The van der Waals surface area contributed by atoms with E-state index in [9.17, 15) is 18.3 Å². The highest BCUT2D eigenvalue weighted by atomic mass is 32.2. The van der Waals surface area contributed by atoms with Crippen molar-refractivity contribution in [1.82, 2.24) is 9.62 Å². The number of rotatable bonds is 11. The van der Waals surface area contributed by atoms with Gasteiger partial charge in [0, 0.05) is 20.7 Å². The molecule has 2 rings (SSSR count). The van der Waals surface area contributed by atoms with Gasteiger partial charge in [-0.15, -0.1) is 0 Å². The summed E-state index contributed by atoms with van der Waals surface area (Å²) in [6, 6.07) is 12.0. The first kappa shape index (κ1) is 26.6. The lowest BCUT2D eigenvalue weighted by molar-refractivity contribution is 0.0965. The summed E-state index contributed by atoms with van der Waals surface area (Å²) >= 11 is 0. The van der Waals surface area contributed by atoms with Gasteiger partial charge in [-0.25, -0.2) is 17.5 Å². The van der Waals surface area contributed by atoms with Gasteiger partial charge in [-0.1, -0.05) is 44.2 Å². The average Bonchev–Trinajstić information content (AvgIpc) is 2.77. The second-order valence-corrected chi connectivity index (χ2v) is 9.96. The highest BCUT2D eigenvalue weighted by Gasteiger charge is 2.25. The third kappa shape index (κ3) is 7.43. The van der Waals surface area contributed by atoms with Gasteiger partial charge >= 0.3 is 6.09 Å². The number of hydrogen-bond acceptors (Lipinski definition) is 7. The number of sulfonamides is 1. The molecule has 0 saturated heterocycles. The summed E-state index contributed by atoms with van der Waals surface area (Å²) in [5.74, 6) is 0.0205. The molecule has 0 aliphatic rings. The van der Waals surface area contributed by atoms with E-state index in [4.69, 9.17) is 15.2 Å². The number of likely N-dealkylation sites (N-methyl/N-ethyl adjacent to an activating group) is 1. The second kappa shape index (κ2) is 12.0. The molecule has 0 bridgehead atoms. The summed E-state index contributed by atoms with van der Waals surface area (Å²) in [4.78, 5) is 11.5. The summed E-state index contributed by atoms with van der Waals surface area (Å²) in [5.41, 5.74) is 8.50. The van der Waals surface area contributed by atoms with Crippen LogP contribution in [-0.2, 0) is 25.9 Å². The van der Waals surface area contributed by atoms with Crippen molar-refractivity contribution in [1.29, 1.82) is 0 Å². The molecule has 2 aromatic carbocycles. The maximum atomic E-state index is 13.1. The number of hydrogen-bond donors (Lipinski definition) is 3. The fraction of sp³-hybridized carbons (Fsp3) is 0.435. The second-order valence-electron chi connectivity index (χ2n) is 7.95. The first-order valence-corrected chi connectivity index (χ1v) is 12.1. The summed E-state index contributed by atoms with van der Waals surface area (Å²) in [6.45, 7) is 4.74. The number of nitrogens with zero attached hydrogens (tertiary/aromatic N) is 1. The Morgan fingerprint density at radius 2 is 1.76 bits per heavy atom. The smallest absolute Gasteiger partial charge is 0.408 e. The van der Waals surface area contributed by atoms with Gasteiger partial charge in [0.05, 0.1) is 6.61 Å².